The molecule has 2 rings (SSSR count). The van der Waals surface area contributed by atoms with Crippen LogP contribution >= 0.6 is 0 Å². The molecule has 0 aromatic heterocycles. The number of amides is 4. The second-order valence-corrected chi connectivity index (χ2v) is 11.1. The van der Waals surface area contributed by atoms with E-state index in [0.717, 1.165) is 5.01 Å². The summed E-state index contributed by atoms with van der Waals surface area (Å²) in [6, 6.07) is 3.20. The van der Waals surface area contributed by atoms with E-state index in [-0.39, 0.29) is 55.9 Å². The van der Waals surface area contributed by atoms with Crippen LogP contribution in [0.1, 0.15) is 62.2 Å². The van der Waals surface area contributed by atoms with Gasteiger partial charge in [0, 0.05) is 44.8 Å². The molecule has 0 saturated carbocycles. The molecule has 0 bridgehead atoms. The monoisotopic (exact) mass is 649 g/mol. The van der Waals surface area contributed by atoms with E-state index in [2.05, 4.69) is 16.1 Å². The number of aliphatic hydroxyl groups excluding tert-OH is 2. The fourth-order valence-corrected chi connectivity index (χ4v) is 4.94. The number of para-hydroxylation sites is 1. The van der Waals surface area contributed by atoms with Crippen molar-refractivity contribution < 1.29 is 54.1 Å². The number of aliphatic hydroxyl groups is 2. The fraction of sp³-hybridized carbons (Fsp3) is 0.567. The van der Waals surface area contributed by atoms with Crippen LogP contribution in [0.15, 0.2) is 24.3 Å². The van der Waals surface area contributed by atoms with Crippen molar-refractivity contribution in [2.75, 3.05) is 32.8 Å². The summed E-state index contributed by atoms with van der Waals surface area (Å²) in [5, 5.41) is 45.6. The molecule has 1 fully saturated rings. The number of phenols is 1. The number of hydrogen-bond donors (Lipinski definition) is 7. The largest absolute Gasteiger partial charge is 0.507 e. The first-order valence-electron chi connectivity index (χ1n) is 15.0. The Bertz CT molecular complexity index is 1240. The number of benzene rings is 1. The number of nitrogens with one attached hydrogen (secondary N) is 3. The first kappa shape index (κ1) is 37.9. The van der Waals surface area contributed by atoms with Crippen molar-refractivity contribution in [1.82, 2.24) is 26.1 Å². The Morgan fingerprint density at radius 2 is 1.80 bits per heavy atom. The number of nitrogens with zero attached hydrogens (tertiary/aromatic N) is 2. The molecular formula is C30H43N5O11. The van der Waals surface area contributed by atoms with Crippen LogP contribution in [0, 0.1) is 11.8 Å². The number of phenolic OH excluding ortho intramolecular Hbond substituents is 1. The third-order valence-corrected chi connectivity index (χ3v) is 7.54. The minimum Gasteiger partial charge on any atom is -0.507 e. The van der Waals surface area contributed by atoms with Gasteiger partial charge in [-0.05, 0) is 44.7 Å². The Labute approximate surface area is 266 Å². The van der Waals surface area contributed by atoms with Gasteiger partial charge in [-0.25, -0.2) is 10.5 Å². The normalized spacial score (nSPS) is 16.4. The van der Waals surface area contributed by atoms with Gasteiger partial charge < -0.3 is 26.0 Å². The van der Waals surface area contributed by atoms with Crippen LogP contribution in [0.2, 0.25) is 0 Å². The highest BCUT2D eigenvalue weighted by molar-refractivity contribution is 6.01. The number of hydrazine groups is 1. The molecule has 46 heavy (non-hydrogen) atoms. The average molecular weight is 650 g/mol. The molecule has 16 nitrogen and oxygen atoms in total. The highest BCUT2D eigenvalue weighted by Gasteiger charge is 2.37. The standard InChI is InChI=1S/C30H43N5O11/c1-19(39)10-12-31-29(44)24-8-4-11-32-35(24)30(45)20(6-5-13-34(46)18-38)14-27(42)23(17-37)33-28(43)21(16-36)15-26(41)22-7-2-3-9-25(22)40/h2-3,7,9,18,20-21,23-24,32,36-37,40,46H,4-6,8,10-17H2,1H3,(H,31,44)(H,33,43)/t20-,21-,23-,24+/m0/s1. The lowest BCUT2D eigenvalue weighted by atomic mass is 9.91. The SMILES string of the molecule is CC(=O)CCNC(=O)[C@H]1CCCNN1C(=O)[C@@H](CCCN(O)C=O)CC(=O)[C@H](CO)NC(=O)[C@H](CO)CC(=O)c1ccccc1O. The zero-order valence-corrected chi connectivity index (χ0v) is 25.7. The number of carbonyl (C=O) groups excluding carboxylic acids is 7. The Balaban J connectivity index is 2.17. The molecule has 254 valence electrons. The molecule has 7 N–H and O–H groups in total. The number of Topliss-reactive ketones (excluding diaryl/α,β-unsaturated/α-hetero) is 3. The van der Waals surface area contributed by atoms with Gasteiger partial charge in [-0.15, -0.1) is 0 Å². The molecule has 16 heteroatoms. The van der Waals surface area contributed by atoms with Crippen molar-refractivity contribution >= 4 is 41.5 Å². The van der Waals surface area contributed by atoms with Crippen molar-refractivity contribution in [2.24, 2.45) is 11.8 Å². The van der Waals surface area contributed by atoms with Gasteiger partial charge in [-0.3, -0.25) is 43.8 Å². The van der Waals surface area contributed by atoms with Crippen molar-refractivity contribution in [3.8, 4) is 5.75 Å². The molecule has 1 aromatic carbocycles. The lowest BCUT2D eigenvalue weighted by Crippen LogP contribution is -2.60. The van der Waals surface area contributed by atoms with Crippen LogP contribution in [0.3, 0.4) is 0 Å². The van der Waals surface area contributed by atoms with E-state index in [1.54, 1.807) is 0 Å². The molecule has 0 aliphatic carbocycles. The van der Waals surface area contributed by atoms with Crippen LogP contribution < -0.4 is 16.1 Å². The fourth-order valence-electron chi connectivity index (χ4n) is 4.94. The van der Waals surface area contributed by atoms with E-state index in [9.17, 15) is 54.1 Å². The molecule has 4 amide bonds. The van der Waals surface area contributed by atoms with Crippen molar-refractivity contribution in [3.63, 3.8) is 0 Å². The van der Waals surface area contributed by atoms with Crippen LogP contribution in [0.4, 0.5) is 0 Å². The molecule has 1 saturated heterocycles. The van der Waals surface area contributed by atoms with Crippen molar-refractivity contribution in [2.45, 2.75) is 64.0 Å². The predicted molar refractivity (Wildman–Crippen MR) is 160 cm³/mol. The van der Waals surface area contributed by atoms with E-state index >= 15 is 0 Å². The van der Waals surface area contributed by atoms with Crippen LogP contribution in [-0.2, 0) is 28.8 Å². The Kier molecular flexibility index (Phi) is 15.9. The molecule has 1 aliphatic rings. The van der Waals surface area contributed by atoms with Crippen LogP contribution in [0.5, 0.6) is 5.75 Å². The minimum absolute atomic E-state index is 0.0211. The Hall–Kier alpha value is -4.25. The topological polar surface area (TPSA) is 243 Å². The van der Waals surface area contributed by atoms with Gasteiger partial charge in [0.1, 0.15) is 23.6 Å². The summed E-state index contributed by atoms with van der Waals surface area (Å²) in [5.41, 5.74) is 2.82. The van der Waals surface area contributed by atoms with E-state index < -0.39 is 79.3 Å². The van der Waals surface area contributed by atoms with Gasteiger partial charge in [0.15, 0.2) is 11.6 Å². The summed E-state index contributed by atoms with van der Waals surface area (Å²) in [7, 11) is 0. The molecule has 1 aliphatic heterocycles. The third-order valence-electron chi connectivity index (χ3n) is 7.54. The van der Waals surface area contributed by atoms with Gasteiger partial charge in [0.05, 0.1) is 24.7 Å². The van der Waals surface area contributed by atoms with Crippen molar-refractivity contribution in [3.05, 3.63) is 29.8 Å². The number of ketones is 3. The maximum absolute atomic E-state index is 13.7. The third kappa shape index (κ3) is 11.6. The molecular weight excluding hydrogens is 606 g/mol. The zero-order chi connectivity index (χ0) is 34.2. The van der Waals surface area contributed by atoms with Crippen LogP contribution in [-0.4, -0.2) is 117 Å². The van der Waals surface area contributed by atoms with Gasteiger partial charge in [0.25, 0.3) is 0 Å². The number of hydroxylamine groups is 2. The maximum Gasteiger partial charge on any atom is 0.244 e. The molecule has 4 atom stereocenters. The highest BCUT2D eigenvalue weighted by atomic mass is 16.5. The summed E-state index contributed by atoms with van der Waals surface area (Å²) < 4.78 is 0. The van der Waals surface area contributed by atoms with E-state index in [4.69, 9.17) is 0 Å². The quantitative estimate of drug-likeness (QED) is 0.0383. The van der Waals surface area contributed by atoms with Gasteiger partial charge >= 0.3 is 0 Å². The van der Waals surface area contributed by atoms with E-state index in [1.807, 2.05) is 0 Å². The second-order valence-electron chi connectivity index (χ2n) is 11.1. The number of hydrogen-bond acceptors (Lipinski definition) is 12. The van der Waals surface area contributed by atoms with E-state index in [0.29, 0.717) is 24.4 Å². The summed E-state index contributed by atoms with van der Waals surface area (Å²) in [6.45, 7) is 0.0202. The Morgan fingerprint density at radius 1 is 1.09 bits per heavy atom. The number of rotatable bonds is 20. The van der Waals surface area contributed by atoms with Gasteiger partial charge in [-0.2, -0.15) is 0 Å². The summed E-state index contributed by atoms with van der Waals surface area (Å²) in [5.74, 6) is -6.29. The molecule has 0 radical (unpaired) electrons. The highest BCUT2D eigenvalue weighted by Crippen LogP contribution is 2.22. The van der Waals surface area contributed by atoms with Crippen molar-refractivity contribution in [1.29, 1.82) is 0 Å². The second kappa shape index (κ2) is 19.3. The lowest BCUT2D eigenvalue weighted by molar-refractivity contribution is -0.153. The van der Waals surface area contributed by atoms with Gasteiger partial charge in [-0.1, -0.05) is 12.1 Å². The smallest absolute Gasteiger partial charge is 0.244 e. The average Bonchev–Trinajstić information content (AvgIpc) is 3.04. The molecule has 1 heterocycles. The zero-order valence-electron chi connectivity index (χ0n) is 25.7. The molecule has 0 unspecified atom stereocenters. The summed E-state index contributed by atoms with van der Waals surface area (Å²) in [4.78, 5) is 87.6. The number of carbonyl (C=O) groups is 7. The molecule has 1 aromatic rings. The van der Waals surface area contributed by atoms with Crippen LogP contribution in [0.25, 0.3) is 0 Å². The lowest BCUT2D eigenvalue weighted by Gasteiger charge is -2.37. The first-order valence-corrected chi connectivity index (χ1v) is 15.0. The predicted octanol–water partition coefficient (Wildman–Crippen LogP) is -1.16. The van der Waals surface area contributed by atoms with Gasteiger partial charge in [0.2, 0.25) is 24.1 Å². The number of aromatic hydroxyl groups is 1. The summed E-state index contributed by atoms with van der Waals surface area (Å²) in [6.07, 6.45) is 0.207. The minimum atomic E-state index is -1.51. The van der Waals surface area contributed by atoms with E-state index in [1.165, 1.54) is 31.2 Å². The molecule has 0 spiro atoms. The first-order chi connectivity index (χ1) is 21.9. The maximum atomic E-state index is 13.7. The summed E-state index contributed by atoms with van der Waals surface area (Å²) >= 11 is 0. The Morgan fingerprint density at radius 3 is 2.43 bits per heavy atom.